The number of hydrogen-bond donors (Lipinski definition) is 0. The maximum absolute atomic E-state index is 6.45. The Balaban J connectivity index is -0.0000000796. The van der Waals surface area contributed by atoms with E-state index in [1.807, 2.05) is 20.8 Å². The molecular formula is C15H31N3Ti. The molecule has 0 aliphatic heterocycles. The largest absolute Gasteiger partial charge is 4.00 e. The quantitative estimate of drug-likeness (QED) is 0.450. The summed E-state index contributed by atoms with van der Waals surface area (Å²) in [6.45, 7) is 9.75. The van der Waals surface area contributed by atoms with E-state index in [4.69, 9.17) is 17.2 Å². The van der Waals surface area contributed by atoms with Crippen LogP contribution < -0.4 is 0 Å². The minimum atomic E-state index is 0. The second-order valence-electron chi connectivity index (χ2n) is 3.72. The minimum absolute atomic E-state index is 0. The Bertz CT molecular complexity index is 162. The van der Waals surface area contributed by atoms with E-state index in [1.165, 1.54) is 5.57 Å². The average molecular weight is 301 g/mol. The molecule has 3 nitrogen and oxygen atoms in total. The van der Waals surface area contributed by atoms with Gasteiger partial charge in [-0.25, -0.2) is 11.6 Å². The normalized spacial score (nSPS) is 10.6. The van der Waals surface area contributed by atoms with Gasteiger partial charge >= 0.3 is 21.7 Å². The van der Waals surface area contributed by atoms with Gasteiger partial charge in [-0.3, -0.25) is 6.08 Å². The van der Waals surface area contributed by atoms with Crippen LogP contribution in [0.25, 0.3) is 17.2 Å². The fraction of sp³-hybridized carbons (Fsp3) is 0.733. The first-order valence-electron chi connectivity index (χ1n) is 6.82. The second-order valence-corrected chi connectivity index (χ2v) is 3.72. The van der Waals surface area contributed by atoms with Crippen molar-refractivity contribution in [3.05, 3.63) is 41.0 Å². The Morgan fingerprint density at radius 1 is 0.947 bits per heavy atom. The van der Waals surface area contributed by atoms with E-state index >= 15 is 0 Å². The van der Waals surface area contributed by atoms with E-state index in [0.717, 1.165) is 25.7 Å². The van der Waals surface area contributed by atoms with Crippen LogP contribution in [-0.4, -0.2) is 19.6 Å². The monoisotopic (exact) mass is 301 g/mol. The molecule has 1 rings (SSSR count). The van der Waals surface area contributed by atoms with Gasteiger partial charge in [-0.15, -0.1) is 6.42 Å². The van der Waals surface area contributed by atoms with Crippen LogP contribution in [-0.2, 0) is 21.7 Å². The van der Waals surface area contributed by atoms with Crippen molar-refractivity contribution in [2.75, 3.05) is 19.6 Å². The van der Waals surface area contributed by atoms with E-state index in [1.54, 1.807) is 0 Å². The molecule has 1 aliphatic rings. The Kier molecular flexibility index (Phi) is 44.5. The third kappa shape index (κ3) is 46.0. The molecule has 0 saturated heterocycles. The zero-order valence-electron chi connectivity index (χ0n) is 13.1. The molecule has 0 fully saturated rings. The zero-order chi connectivity index (χ0) is 14.6. The SMILES string of the molecule is CC1=[C-]CC=C1.CCC[NH-].CCC[NH-].CCC[NH-].[Ti+4]. The van der Waals surface area contributed by atoms with Crippen molar-refractivity contribution in [3.8, 4) is 0 Å². The molecule has 110 valence electrons. The zero-order valence-corrected chi connectivity index (χ0v) is 14.7. The van der Waals surface area contributed by atoms with Gasteiger partial charge in [0.1, 0.15) is 0 Å². The van der Waals surface area contributed by atoms with Gasteiger partial charge in [0, 0.05) is 0 Å². The van der Waals surface area contributed by atoms with Crippen molar-refractivity contribution in [3.63, 3.8) is 0 Å². The van der Waals surface area contributed by atoms with Crippen LogP contribution in [0, 0.1) is 6.08 Å². The van der Waals surface area contributed by atoms with Crippen molar-refractivity contribution in [1.82, 2.24) is 0 Å². The Hall–Kier alpha value is 0.0743. The van der Waals surface area contributed by atoms with Crippen molar-refractivity contribution < 1.29 is 21.7 Å². The van der Waals surface area contributed by atoms with E-state index in [2.05, 4.69) is 25.2 Å². The maximum atomic E-state index is 6.45. The predicted molar refractivity (Wildman–Crippen MR) is 84.6 cm³/mol. The molecule has 0 heterocycles. The summed E-state index contributed by atoms with van der Waals surface area (Å²) in [7, 11) is 0. The molecule has 0 unspecified atom stereocenters. The van der Waals surface area contributed by atoms with E-state index < -0.39 is 0 Å². The molecule has 1 aliphatic carbocycles. The maximum Gasteiger partial charge on any atom is 4.00 e. The van der Waals surface area contributed by atoms with Gasteiger partial charge in [-0.1, -0.05) is 47.0 Å². The molecule has 0 bridgehead atoms. The molecule has 0 atom stereocenters. The standard InChI is InChI=1S/C6H7.3C3H8N.Ti/c1-6-4-2-3-5-6;3*1-2-3-4;/h2,4H,3H2,1H3;3*4H,2-3H2,1H3;/q4*-1;+4. The number of allylic oxidation sites excluding steroid dienone is 4. The van der Waals surface area contributed by atoms with Crippen LogP contribution in [0.3, 0.4) is 0 Å². The molecule has 0 saturated carbocycles. The molecular weight excluding hydrogens is 270 g/mol. The minimum Gasteiger partial charge on any atom is -0.677 e. The predicted octanol–water partition coefficient (Wildman–Crippen LogP) is 6.04. The van der Waals surface area contributed by atoms with Gasteiger partial charge < -0.3 is 17.2 Å². The summed E-state index contributed by atoms with van der Waals surface area (Å²) < 4.78 is 0. The molecule has 19 heavy (non-hydrogen) atoms. The number of hydrogen-bond acceptors (Lipinski definition) is 0. The van der Waals surface area contributed by atoms with E-state index in [9.17, 15) is 0 Å². The van der Waals surface area contributed by atoms with Gasteiger partial charge in [0.05, 0.1) is 0 Å². The number of rotatable bonds is 3. The summed E-state index contributed by atoms with van der Waals surface area (Å²) in [6.07, 6.45) is 11.3. The molecule has 0 spiro atoms. The van der Waals surface area contributed by atoms with Gasteiger partial charge in [0.15, 0.2) is 0 Å². The Morgan fingerprint density at radius 3 is 1.32 bits per heavy atom. The van der Waals surface area contributed by atoms with Crippen molar-refractivity contribution in [1.29, 1.82) is 0 Å². The van der Waals surface area contributed by atoms with Crippen LogP contribution in [0.4, 0.5) is 0 Å². The van der Waals surface area contributed by atoms with Gasteiger partial charge in [0.25, 0.3) is 0 Å². The molecule has 4 heteroatoms. The summed E-state index contributed by atoms with van der Waals surface area (Å²) in [5.41, 5.74) is 20.6. The summed E-state index contributed by atoms with van der Waals surface area (Å²) in [4.78, 5) is 0. The second kappa shape index (κ2) is 30.8. The van der Waals surface area contributed by atoms with E-state index in [-0.39, 0.29) is 21.7 Å². The Morgan fingerprint density at radius 2 is 1.26 bits per heavy atom. The first-order chi connectivity index (χ1) is 8.64. The molecule has 0 aromatic carbocycles. The molecule has 0 amide bonds. The first-order valence-corrected chi connectivity index (χ1v) is 6.82. The van der Waals surface area contributed by atoms with Crippen LogP contribution in [0.1, 0.15) is 53.4 Å². The summed E-state index contributed by atoms with van der Waals surface area (Å²) in [6, 6.07) is 0. The molecule has 0 aromatic rings. The van der Waals surface area contributed by atoms with Crippen LogP contribution >= 0.6 is 0 Å². The fourth-order valence-electron chi connectivity index (χ4n) is 0.515. The first kappa shape index (κ1) is 27.4. The topological polar surface area (TPSA) is 71.4 Å². The van der Waals surface area contributed by atoms with Crippen molar-refractivity contribution in [2.45, 2.75) is 53.4 Å². The van der Waals surface area contributed by atoms with Gasteiger partial charge in [0.2, 0.25) is 0 Å². The molecule has 0 radical (unpaired) electrons. The smallest absolute Gasteiger partial charge is 0.677 e. The van der Waals surface area contributed by atoms with Gasteiger partial charge in [-0.2, -0.15) is 25.7 Å². The summed E-state index contributed by atoms with van der Waals surface area (Å²) >= 11 is 0. The van der Waals surface area contributed by atoms with E-state index in [0.29, 0.717) is 19.6 Å². The van der Waals surface area contributed by atoms with Crippen LogP contribution in [0.2, 0.25) is 0 Å². The third-order valence-electron chi connectivity index (χ3n) is 1.62. The molecule has 0 aromatic heterocycles. The summed E-state index contributed by atoms with van der Waals surface area (Å²) in [5, 5.41) is 0. The summed E-state index contributed by atoms with van der Waals surface area (Å²) in [5.74, 6) is 0. The van der Waals surface area contributed by atoms with Crippen LogP contribution in [0.5, 0.6) is 0 Å². The fourth-order valence-corrected chi connectivity index (χ4v) is 0.515. The van der Waals surface area contributed by atoms with Gasteiger partial charge in [-0.05, 0) is 0 Å². The third-order valence-corrected chi connectivity index (χ3v) is 1.62. The van der Waals surface area contributed by atoms with Crippen molar-refractivity contribution in [2.24, 2.45) is 0 Å². The van der Waals surface area contributed by atoms with Crippen molar-refractivity contribution >= 4 is 0 Å². The number of nitrogens with one attached hydrogen (secondary N) is 3. The Labute approximate surface area is 136 Å². The average Bonchev–Trinajstić information content (AvgIpc) is 2.90. The van der Waals surface area contributed by atoms with Crippen LogP contribution in [0.15, 0.2) is 17.7 Å². The molecule has 3 N–H and O–H groups in total.